The molecule has 1 nitrogen and oxygen atoms in total. The maximum atomic E-state index is 5.39. The van der Waals surface area contributed by atoms with Gasteiger partial charge in [0.25, 0.3) is 0 Å². The number of rotatable bonds is 8. The van der Waals surface area contributed by atoms with Gasteiger partial charge in [-0.05, 0) is 13.0 Å². The molecular weight excluding hydrogens is 331 g/mol. The summed E-state index contributed by atoms with van der Waals surface area (Å²) in [7, 11) is 0. The summed E-state index contributed by atoms with van der Waals surface area (Å²) in [5, 5.41) is 0. The van der Waals surface area contributed by atoms with E-state index in [1.807, 2.05) is 0 Å². The van der Waals surface area contributed by atoms with E-state index in [1.54, 1.807) is 0 Å². The van der Waals surface area contributed by atoms with E-state index in [2.05, 4.69) is 6.92 Å². The van der Waals surface area contributed by atoms with Crippen LogP contribution in [0.2, 0.25) is 0 Å². The Morgan fingerprint density at radius 2 is 1.17 bits per heavy atom. The molecule has 0 aromatic heterocycles. The third kappa shape index (κ3) is 13.3. The molecule has 0 atom stereocenters. The van der Waals surface area contributed by atoms with Gasteiger partial charge in [-0.25, -0.2) is 0 Å². The molecule has 0 aromatic carbocycles. The maximum absolute atomic E-state index is 5.39. The van der Waals surface area contributed by atoms with E-state index in [0.717, 1.165) is 6.54 Å². The second-order valence-electron chi connectivity index (χ2n) is 3.26. The first kappa shape index (κ1) is 15.2. The van der Waals surface area contributed by atoms with Crippen LogP contribution in [0, 0.1) is 0 Å². The minimum Gasteiger partial charge on any atom is -0.330 e. The van der Waals surface area contributed by atoms with Gasteiger partial charge in [0.2, 0.25) is 0 Å². The zero-order valence-electron chi connectivity index (χ0n) is 8.24. The first-order valence-electron chi connectivity index (χ1n) is 5.12. The Hall–Kier alpha value is 0.700. The van der Waals surface area contributed by atoms with Crippen molar-refractivity contribution in [1.82, 2.24) is 0 Å². The molecule has 0 aliphatic rings. The summed E-state index contributed by atoms with van der Waals surface area (Å²) >= 11 is 0. The molecule has 0 bridgehead atoms. The zero-order valence-corrected chi connectivity index (χ0v) is 10.4. The van der Waals surface area contributed by atoms with E-state index in [0.29, 0.717) is 0 Å². The van der Waals surface area contributed by atoms with Crippen molar-refractivity contribution in [2.24, 2.45) is 5.73 Å². The summed E-state index contributed by atoms with van der Waals surface area (Å²) in [4.78, 5) is 0. The number of nitrogens with two attached hydrogens (primary N) is 1. The van der Waals surface area contributed by atoms with Crippen LogP contribution < -0.4 is 5.73 Å². The normalized spacial score (nSPS) is 9.50. The fourth-order valence-corrected chi connectivity index (χ4v) is 1.28. The van der Waals surface area contributed by atoms with E-state index >= 15 is 0 Å². The van der Waals surface area contributed by atoms with E-state index in [4.69, 9.17) is 5.73 Å². The summed E-state index contributed by atoms with van der Waals surface area (Å²) < 4.78 is 0. The Balaban J connectivity index is 0. The van der Waals surface area contributed by atoms with Gasteiger partial charge < -0.3 is 5.73 Å². The number of unbranched alkanes of at least 4 members (excludes halogenated alkanes) is 7. The van der Waals surface area contributed by atoms with Crippen LogP contribution in [0.25, 0.3) is 0 Å². The van der Waals surface area contributed by atoms with Crippen molar-refractivity contribution >= 4 is 0 Å². The summed E-state index contributed by atoms with van der Waals surface area (Å²) in [5.41, 5.74) is 5.39. The third-order valence-corrected chi connectivity index (χ3v) is 2.06. The second kappa shape index (κ2) is 14.2. The molecule has 0 rings (SSSR count). The van der Waals surface area contributed by atoms with Crippen molar-refractivity contribution in [2.75, 3.05) is 6.54 Å². The Labute approximate surface area is 93.0 Å². The molecule has 0 aliphatic carbocycles. The zero-order chi connectivity index (χ0) is 8.36. The van der Waals surface area contributed by atoms with Gasteiger partial charge >= 0.3 is 0 Å². The van der Waals surface area contributed by atoms with Crippen LogP contribution in [0.3, 0.4) is 0 Å². The average molecular weight is 354 g/mol. The van der Waals surface area contributed by atoms with Gasteiger partial charge in [0.05, 0.1) is 0 Å². The molecule has 0 heterocycles. The van der Waals surface area contributed by atoms with Gasteiger partial charge in [-0.15, -0.1) is 0 Å². The Morgan fingerprint density at radius 3 is 1.58 bits per heavy atom. The standard InChI is InChI=1S/C10H23N.Au/c1-2-3-4-5-6-7-8-9-10-11;/h2-11H2,1H3;. The van der Waals surface area contributed by atoms with Crippen molar-refractivity contribution in [3.8, 4) is 0 Å². The van der Waals surface area contributed by atoms with Crippen molar-refractivity contribution in [2.45, 2.75) is 58.3 Å². The number of hydrogen-bond acceptors (Lipinski definition) is 1. The topological polar surface area (TPSA) is 26.0 Å². The third-order valence-electron chi connectivity index (χ3n) is 2.06. The van der Waals surface area contributed by atoms with Gasteiger partial charge in [0.1, 0.15) is 0 Å². The van der Waals surface area contributed by atoms with Crippen molar-refractivity contribution in [3.05, 3.63) is 0 Å². The SMILES string of the molecule is CCCCCCCCCCN.[Au]. The molecule has 0 spiro atoms. The molecule has 0 fully saturated rings. The summed E-state index contributed by atoms with van der Waals surface area (Å²) in [6.07, 6.45) is 11.0. The van der Waals surface area contributed by atoms with Crippen LogP contribution in [0.15, 0.2) is 0 Å². The first-order valence-corrected chi connectivity index (χ1v) is 5.12. The molecule has 79 valence electrons. The molecule has 2 N–H and O–H groups in total. The Morgan fingerprint density at radius 1 is 0.750 bits per heavy atom. The minimum absolute atomic E-state index is 0. The molecule has 0 unspecified atom stereocenters. The van der Waals surface area contributed by atoms with Crippen LogP contribution in [0.4, 0.5) is 0 Å². The van der Waals surface area contributed by atoms with E-state index in [9.17, 15) is 0 Å². The Kier molecular flexibility index (Phi) is 18.0. The second-order valence-corrected chi connectivity index (χ2v) is 3.26. The van der Waals surface area contributed by atoms with Gasteiger partial charge in [-0.3, -0.25) is 0 Å². The van der Waals surface area contributed by atoms with Gasteiger partial charge in [-0.2, -0.15) is 0 Å². The maximum Gasteiger partial charge on any atom is 0 e. The molecular formula is C10H23AuN. The minimum atomic E-state index is 0. The predicted octanol–water partition coefficient (Wildman–Crippen LogP) is 3.08. The molecule has 2 heteroatoms. The average Bonchev–Trinajstić information content (AvgIpc) is 2.03. The van der Waals surface area contributed by atoms with Gasteiger partial charge in [0.15, 0.2) is 0 Å². The van der Waals surface area contributed by atoms with E-state index in [-0.39, 0.29) is 22.4 Å². The van der Waals surface area contributed by atoms with E-state index < -0.39 is 0 Å². The molecule has 0 saturated carbocycles. The van der Waals surface area contributed by atoms with Gasteiger partial charge in [0, 0.05) is 22.4 Å². The summed E-state index contributed by atoms with van der Waals surface area (Å²) in [6.45, 7) is 3.13. The molecule has 1 radical (unpaired) electrons. The Bertz CT molecular complexity index is 58.9. The van der Waals surface area contributed by atoms with Crippen LogP contribution in [-0.4, -0.2) is 6.54 Å². The summed E-state index contributed by atoms with van der Waals surface area (Å²) in [5.74, 6) is 0. The number of hydrogen-bond donors (Lipinski definition) is 1. The molecule has 12 heavy (non-hydrogen) atoms. The fourth-order valence-electron chi connectivity index (χ4n) is 1.28. The van der Waals surface area contributed by atoms with Crippen LogP contribution in [0.1, 0.15) is 58.3 Å². The first-order chi connectivity index (χ1) is 5.41. The van der Waals surface area contributed by atoms with E-state index in [1.165, 1.54) is 51.4 Å². The largest absolute Gasteiger partial charge is 0.330 e. The molecule has 0 aliphatic heterocycles. The fraction of sp³-hybridized carbons (Fsp3) is 1.00. The predicted molar refractivity (Wildman–Crippen MR) is 51.7 cm³/mol. The van der Waals surface area contributed by atoms with Crippen LogP contribution in [-0.2, 0) is 22.4 Å². The molecule has 0 amide bonds. The van der Waals surface area contributed by atoms with Crippen molar-refractivity contribution in [1.29, 1.82) is 0 Å². The molecule has 0 aromatic rings. The van der Waals surface area contributed by atoms with Crippen LogP contribution in [0.5, 0.6) is 0 Å². The smallest absolute Gasteiger partial charge is 0 e. The molecule has 0 saturated heterocycles. The van der Waals surface area contributed by atoms with Gasteiger partial charge in [-0.1, -0.05) is 51.9 Å². The van der Waals surface area contributed by atoms with Crippen molar-refractivity contribution in [3.63, 3.8) is 0 Å². The van der Waals surface area contributed by atoms with Crippen LogP contribution >= 0.6 is 0 Å². The van der Waals surface area contributed by atoms with Crippen molar-refractivity contribution < 1.29 is 22.4 Å². The summed E-state index contributed by atoms with van der Waals surface area (Å²) in [6, 6.07) is 0. The quantitative estimate of drug-likeness (QED) is 0.526. The monoisotopic (exact) mass is 354 g/mol.